The van der Waals surface area contributed by atoms with Gasteiger partial charge in [-0.1, -0.05) is 17.7 Å². The number of likely N-dealkylation sites (tertiary alicyclic amines) is 1. The summed E-state index contributed by atoms with van der Waals surface area (Å²) in [7, 11) is 1.49. The molecule has 0 saturated carbocycles. The zero-order valence-corrected chi connectivity index (χ0v) is 11.4. The van der Waals surface area contributed by atoms with Gasteiger partial charge in [0, 0.05) is 7.05 Å². The smallest absolute Gasteiger partial charge is 0.251 e. The van der Waals surface area contributed by atoms with Gasteiger partial charge in [0.1, 0.15) is 6.04 Å². The summed E-state index contributed by atoms with van der Waals surface area (Å²) in [6.07, 6.45) is 0.175. The molecule has 2 amide bonds. The first kappa shape index (κ1) is 12.4. The van der Waals surface area contributed by atoms with Crippen LogP contribution in [0.5, 0.6) is 0 Å². The molecule has 1 aliphatic rings. The van der Waals surface area contributed by atoms with Crippen molar-refractivity contribution in [1.82, 2.24) is 4.90 Å². The first-order valence-corrected chi connectivity index (χ1v) is 6.18. The van der Waals surface area contributed by atoms with Crippen molar-refractivity contribution in [2.24, 2.45) is 0 Å². The fourth-order valence-corrected chi connectivity index (χ4v) is 2.22. The first-order chi connectivity index (χ1) is 8.00. The highest BCUT2D eigenvalue weighted by molar-refractivity contribution is 9.10. The van der Waals surface area contributed by atoms with Crippen molar-refractivity contribution in [3.05, 3.63) is 27.7 Å². The van der Waals surface area contributed by atoms with Gasteiger partial charge < -0.3 is 5.32 Å². The van der Waals surface area contributed by atoms with Crippen molar-refractivity contribution in [3.8, 4) is 0 Å². The highest BCUT2D eigenvalue weighted by atomic mass is 79.9. The summed E-state index contributed by atoms with van der Waals surface area (Å²) >= 11 is 9.28. The van der Waals surface area contributed by atoms with E-state index in [1.165, 1.54) is 7.05 Å². The molecule has 0 radical (unpaired) electrons. The Balaban J connectivity index is 2.20. The number of anilines is 1. The number of halogens is 2. The number of hydrogen-bond acceptors (Lipinski definition) is 3. The van der Waals surface area contributed by atoms with E-state index in [1.807, 2.05) is 0 Å². The van der Waals surface area contributed by atoms with E-state index in [2.05, 4.69) is 21.2 Å². The van der Waals surface area contributed by atoms with Crippen LogP contribution in [-0.2, 0) is 9.59 Å². The molecule has 17 heavy (non-hydrogen) atoms. The van der Waals surface area contributed by atoms with Crippen molar-refractivity contribution >= 4 is 45.0 Å². The maximum atomic E-state index is 11.7. The number of nitrogens with one attached hydrogen (secondary N) is 1. The van der Waals surface area contributed by atoms with Crippen LogP contribution in [0, 0.1) is 0 Å². The normalized spacial score (nSPS) is 19.9. The largest absolute Gasteiger partial charge is 0.372 e. The number of hydrogen-bond donors (Lipinski definition) is 1. The van der Waals surface area contributed by atoms with Crippen LogP contribution in [0.2, 0.25) is 5.02 Å². The van der Waals surface area contributed by atoms with E-state index in [1.54, 1.807) is 18.2 Å². The van der Waals surface area contributed by atoms with Crippen LogP contribution in [0.1, 0.15) is 6.42 Å². The second-order valence-corrected chi connectivity index (χ2v) is 4.99. The second kappa shape index (κ2) is 4.66. The molecule has 90 valence electrons. The minimum absolute atomic E-state index is 0.175. The molecule has 0 spiro atoms. The zero-order chi connectivity index (χ0) is 12.6. The lowest BCUT2D eigenvalue weighted by Gasteiger charge is -2.14. The van der Waals surface area contributed by atoms with Crippen LogP contribution in [0.3, 0.4) is 0 Å². The van der Waals surface area contributed by atoms with E-state index in [9.17, 15) is 9.59 Å². The number of benzene rings is 1. The van der Waals surface area contributed by atoms with E-state index >= 15 is 0 Å². The summed E-state index contributed by atoms with van der Waals surface area (Å²) in [5.74, 6) is -0.396. The predicted octanol–water partition coefficient (Wildman–Crippen LogP) is 2.27. The predicted molar refractivity (Wildman–Crippen MR) is 69.0 cm³/mol. The average Bonchev–Trinajstić information content (AvgIpc) is 2.53. The third-order valence-corrected chi connectivity index (χ3v) is 4.06. The lowest BCUT2D eigenvalue weighted by molar-refractivity contribution is -0.136. The van der Waals surface area contributed by atoms with Gasteiger partial charge in [-0.25, -0.2) is 0 Å². The molecular formula is C11H10BrClN2O2. The topological polar surface area (TPSA) is 49.4 Å². The quantitative estimate of drug-likeness (QED) is 0.851. The number of nitrogens with zero attached hydrogens (tertiary/aromatic N) is 1. The molecule has 1 aliphatic heterocycles. The molecule has 1 unspecified atom stereocenters. The summed E-state index contributed by atoms with van der Waals surface area (Å²) in [6, 6.07) is 4.80. The van der Waals surface area contributed by atoms with E-state index in [4.69, 9.17) is 11.6 Å². The lowest BCUT2D eigenvalue weighted by atomic mass is 10.2. The maximum Gasteiger partial charge on any atom is 0.251 e. The van der Waals surface area contributed by atoms with Gasteiger partial charge in [0.15, 0.2) is 0 Å². The number of carbonyl (C=O) groups excluding carboxylic acids is 2. The number of amides is 2. The van der Waals surface area contributed by atoms with Gasteiger partial charge in [0.25, 0.3) is 5.91 Å². The summed E-state index contributed by atoms with van der Waals surface area (Å²) in [5.41, 5.74) is 0.707. The van der Waals surface area contributed by atoms with Crippen molar-refractivity contribution in [2.45, 2.75) is 12.5 Å². The first-order valence-electron chi connectivity index (χ1n) is 5.01. The lowest BCUT2D eigenvalue weighted by Crippen LogP contribution is -2.31. The van der Waals surface area contributed by atoms with Gasteiger partial charge in [-0.15, -0.1) is 0 Å². The van der Waals surface area contributed by atoms with Gasteiger partial charge in [0.05, 0.1) is 21.6 Å². The van der Waals surface area contributed by atoms with Crippen LogP contribution < -0.4 is 5.32 Å². The maximum absolute atomic E-state index is 11.7. The third kappa shape index (κ3) is 2.30. The minimum Gasteiger partial charge on any atom is -0.372 e. The summed E-state index contributed by atoms with van der Waals surface area (Å²) < 4.78 is 0.691. The monoisotopic (exact) mass is 316 g/mol. The Kier molecular flexibility index (Phi) is 3.40. The molecule has 6 heteroatoms. The Bertz CT molecular complexity index is 492. The molecule has 2 rings (SSSR count). The Labute approximate surface area is 112 Å². The van der Waals surface area contributed by atoms with E-state index in [0.29, 0.717) is 15.2 Å². The zero-order valence-electron chi connectivity index (χ0n) is 9.04. The molecule has 1 saturated heterocycles. The van der Waals surface area contributed by atoms with Crippen LogP contribution in [0.4, 0.5) is 5.69 Å². The Morgan fingerprint density at radius 2 is 2.18 bits per heavy atom. The highest BCUT2D eigenvalue weighted by Crippen LogP contribution is 2.31. The van der Waals surface area contributed by atoms with Gasteiger partial charge in [-0.2, -0.15) is 0 Å². The molecule has 1 aromatic carbocycles. The average molecular weight is 318 g/mol. The molecule has 0 aromatic heterocycles. The van der Waals surface area contributed by atoms with E-state index in [-0.39, 0.29) is 18.2 Å². The summed E-state index contributed by atoms with van der Waals surface area (Å²) in [5, 5.41) is 3.57. The molecular weight excluding hydrogens is 307 g/mol. The SMILES string of the molecule is CN1C(=O)CC(Nc2cccc(Cl)c2Br)C1=O. The van der Waals surface area contributed by atoms with Gasteiger partial charge in [-0.05, 0) is 28.1 Å². The van der Waals surface area contributed by atoms with Gasteiger partial charge >= 0.3 is 0 Å². The Morgan fingerprint density at radius 1 is 1.47 bits per heavy atom. The second-order valence-electron chi connectivity index (χ2n) is 3.79. The fourth-order valence-electron chi connectivity index (χ4n) is 1.67. The van der Waals surface area contributed by atoms with Gasteiger partial charge in [-0.3, -0.25) is 14.5 Å². The summed E-state index contributed by atoms with van der Waals surface area (Å²) in [4.78, 5) is 24.2. The van der Waals surface area contributed by atoms with Gasteiger partial charge in [0.2, 0.25) is 5.91 Å². The van der Waals surface area contributed by atoms with Crippen molar-refractivity contribution in [2.75, 3.05) is 12.4 Å². The van der Waals surface area contributed by atoms with Crippen molar-refractivity contribution < 1.29 is 9.59 Å². The third-order valence-electron chi connectivity index (χ3n) is 2.66. The van der Waals surface area contributed by atoms with Crippen LogP contribution in [0.15, 0.2) is 22.7 Å². The molecule has 1 atom stereocenters. The standard InChI is InChI=1S/C11H10BrClN2O2/c1-15-9(16)5-8(11(15)17)14-7-4-2-3-6(13)10(7)12/h2-4,8,14H,5H2,1H3. The minimum atomic E-state index is -0.512. The molecule has 1 aromatic rings. The van der Waals surface area contributed by atoms with E-state index < -0.39 is 6.04 Å². The molecule has 1 fully saturated rings. The number of likely N-dealkylation sites (N-methyl/N-ethyl adjacent to an activating group) is 1. The molecule has 0 bridgehead atoms. The number of carbonyl (C=O) groups is 2. The Morgan fingerprint density at radius 3 is 2.76 bits per heavy atom. The number of rotatable bonds is 2. The van der Waals surface area contributed by atoms with Crippen molar-refractivity contribution in [3.63, 3.8) is 0 Å². The summed E-state index contributed by atoms with van der Waals surface area (Å²) in [6.45, 7) is 0. The fraction of sp³-hybridized carbons (Fsp3) is 0.273. The van der Waals surface area contributed by atoms with Crippen LogP contribution >= 0.6 is 27.5 Å². The molecule has 1 N–H and O–H groups in total. The van der Waals surface area contributed by atoms with Crippen LogP contribution in [-0.4, -0.2) is 29.8 Å². The highest BCUT2D eigenvalue weighted by Gasteiger charge is 2.36. The molecule has 4 nitrogen and oxygen atoms in total. The Hall–Kier alpha value is -1.07. The molecule has 1 heterocycles. The molecule has 0 aliphatic carbocycles. The van der Waals surface area contributed by atoms with Crippen LogP contribution in [0.25, 0.3) is 0 Å². The van der Waals surface area contributed by atoms with E-state index in [0.717, 1.165) is 4.90 Å². The number of imide groups is 1. The van der Waals surface area contributed by atoms with Crippen molar-refractivity contribution in [1.29, 1.82) is 0 Å².